The third-order valence-electron chi connectivity index (χ3n) is 6.37. The van der Waals surface area contributed by atoms with Crippen molar-refractivity contribution in [2.24, 2.45) is 0 Å². The monoisotopic (exact) mass is 472 g/mol. The van der Waals surface area contributed by atoms with Crippen LogP contribution in [0.25, 0.3) is 0 Å². The van der Waals surface area contributed by atoms with Crippen molar-refractivity contribution in [1.82, 2.24) is 15.1 Å². The summed E-state index contributed by atoms with van der Waals surface area (Å²) in [6.07, 6.45) is -4.51. The molecule has 2 atom stereocenters. The maximum Gasteiger partial charge on any atom is 0.471 e. The van der Waals surface area contributed by atoms with E-state index in [4.69, 9.17) is 5.41 Å². The molecule has 3 amide bonds. The molecule has 0 aromatic heterocycles. The van der Waals surface area contributed by atoms with Crippen LogP contribution in [0.15, 0.2) is 48.5 Å². The Morgan fingerprint density at radius 2 is 1.82 bits per heavy atom. The Hall–Kier alpha value is -3.69. The quantitative estimate of drug-likeness (QED) is 0.531. The Bertz CT molecular complexity index is 1150. The van der Waals surface area contributed by atoms with Crippen LogP contribution < -0.4 is 5.32 Å². The van der Waals surface area contributed by atoms with Crippen LogP contribution in [-0.4, -0.2) is 58.7 Å². The van der Waals surface area contributed by atoms with E-state index >= 15 is 0 Å². The highest BCUT2D eigenvalue weighted by Gasteiger charge is 2.41. The number of fused-ring (bicyclic) bond motifs is 1. The largest absolute Gasteiger partial charge is 0.471 e. The number of carbonyl (C=O) groups is 3. The molecule has 2 aliphatic rings. The van der Waals surface area contributed by atoms with Crippen LogP contribution >= 0.6 is 0 Å². The van der Waals surface area contributed by atoms with Crippen LogP contribution in [0, 0.1) is 5.41 Å². The molecule has 2 aromatic carbocycles. The number of alkyl halides is 3. The van der Waals surface area contributed by atoms with E-state index < -0.39 is 17.9 Å². The Morgan fingerprint density at radius 1 is 1.12 bits per heavy atom. The maximum absolute atomic E-state index is 13.3. The van der Waals surface area contributed by atoms with Gasteiger partial charge in [-0.2, -0.15) is 13.2 Å². The summed E-state index contributed by atoms with van der Waals surface area (Å²) in [6, 6.07) is 13.8. The van der Waals surface area contributed by atoms with Crippen molar-refractivity contribution in [3.8, 4) is 0 Å². The highest BCUT2D eigenvalue weighted by atomic mass is 19.4. The van der Waals surface area contributed by atoms with E-state index in [9.17, 15) is 27.6 Å². The van der Waals surface area contributed by atoms with Crippen molar-refractivity contribution in [3.63, 3.8) is 0 Å². The molecule has 10 heteroatoms. The van der Waals surface area contributed by atoms with Crippen molar-refractivity contribution in [1.29, 1.82) is 5.41 Å². The van der Waals surface area contributed by atoms with Crippen LogP contribution in [-0.2, 0) is 16.1 Å². The van der Waals surface area contributed by atoms with Gasteiger partial charge in [-0.1, -0.05) is 36.4 Å². The minimum absolute atomic E-state index is 0.0283. The van der Waals surface area contributed by atoms with Crippen molar-refractivity contribution in [2.75, 3.05) is 13.1 Å². The topological polar surface area (TPSA) is 93.6 Å². The van der Waals surface area contributed by atoms with Crippen LogP contribution in [0.3, 0.4) is 0 Å². The molecular weight excluding hydrogens is 449 g/mol. The molecule has 178 valence electrons. The van der Waals surface area contributed by atoms with Crippen molar-refractivity contribution < 1.29 is 27.6 Å². The van der Waals surface area contributed by atoms with Gasteiger partial charge in [-0.05, 0) is 29.7 Å². The van der Waals surface area contributed by atoms with Gasteiger partial charge >= 0.3 is 12.1 Å². The van der Waals surface area contributed by atoms with E-state index in [1.807, 2.05) is 30.3 Å². The first-order valence-corrected chi connectivity index (χ1v) is 10.8. The summed E-state index contributed by atoms with van der Waals surface area (Å²) in [7, 11) is 0. The average Bonchev–Trinajstić information content (AvgIpc) is 3.14. The number of halogens is 3. The standard InChI is InChI=1S/C24H23F3N4O3/c1-14(32)30-10-9-20(19(13-30)15-5-3-2-4-6-15)31-12-17-11-16(7-8-18(17)22(31)33)21(28)29-23(34)24(25,26)27/h2-8,11,19-20H,9-10,12-13H2,1H3,(H2,28,29,34). The summed E-state index contributed by atoms with van der Waals surface area (Å²) < 4.78 is 37.6. The van der Waals surface area contributed by atoms with Crippen molar-refractivity contribution in [3.05, 3.63) is 70.8 Å². The van der Waals surface area contributed by atoms with Gasteiger partial charge in [0.05, 0.1) is 0 Å². The molecule has 0 spiro atoms. The van der Waals surface area contributed by atoms with Gasteiger partial charge in [-0.15, -0.1) is 0 Å². The Morgan fingerprint density at radius 3 is 2.47 bits per heavy atom. The van der Waals surface area contributed by atoms with Crippen LogP contribution in [0.5, 0.6) is 0 Å². The van der Waals surface area contributed by atoms with E-state index in [-0.39, 0.29) is 35.9 Å². The van der Waals surface area contributed by atoms with Gasteiger partial charge in [0.1, 0.15) is 5.84 Å². The van der Waals surface area contributed by atoms with E-state index in [0.717, 1.165) is 5.56 Å². The Labute approximate surface area is 194 Å². The smallest absolute Gasteiger partial charge is 0.342 e. The molecule has 2 unspecified atom stereocenters. The number of piperidine rings is 1. The molecule has 0 saturated carbocycles. The second-order valence-corrected chi connectivity index (χ2v) is 8.47. The predicted octanol–water partition coefficient (Wildman–Crippen LogP) is 3.05. The number of rotatable bonds is 3. The number of benzene rings is 2. The zero-order valence-corrected chi connectivity index (χ0v) is 18.4. The zero-order chi connectivity index (χ0) is 24.6. The second kappa shape index (κ2) is 8.92. The predicted molar refractivity (Wildman–Crippen MR) is 117 cm³/mol. The van der Waals surface area contributed by atoms with Crippen LogP contribution in [0.1, 0.15) is 46.3 Å². The molecule has 0 aliphatic carbocycles. The third-order valence-corrected chi connectivity index (χ3v) is 6.37. The summed E-state index contributed by atoms with van der Waals surface area (Å²) in [5, 5.41) is 9.38. The second-order valence-electron chi connectivity index (χ2n) is 8.47. The number of amidine groups is 1. The first kappa shape index (κ1) is 23.5. The molecule has 7 nitrogen and oxygen atoms in total. The van der Waals surface area contributed by atoms with Gasteiger partial charge in [0.2, 0.25) is 5.91 Å². The minimum Gasteiger partial charge on any atom is -0.342 e. The summed E-state index contributed by atoms with van der Waals surface area (Å²) in [5.41, 5.74) is 2.09. The number of hydrogen-bond donors (Lipinski definition) is 2. The molecule has 2 heterocycles. The van der Waals surface area contributed by atoms with E-state index in [0.29, 0.717) is 30.6 Å². The van der Waals surface area contributed by atoms with Crippen molar-refractivity contribution >= 4 is 23.6 Å². The van der Waals surface area contributed by atoms with E-state index in [2.05, 4.69) is 0 Å². The lowest BCUT2D eigenvalue weighted by atomic mass is 9.85. The lowest BCUT2D eigenvalue weighted by molar-refractivity contribution is -0.171. The Kier molecular flexibility index (Phi) is 6.16. The average molecular weight is 472 g/mol. The first-order valence-electron chi connectivity index (χ1n) is 10.8. The summed E-state index contributed by atoms with van der Waals surface area (Å²) >= 11 is 0. The van der Waals surface area contributed by atoms with E-state index in [1.54, 1.807) is 15.1 Å². The number of carbonyl (C=O) groups excluding carboxylic acids is 3. The van der Waals surface area contributed by atoms with E-state index in [1.165, 1.54) is 25.1 Å². The fourth-order valence-electron chi connectivity index (χ4n) is 4.65. The minimum atomic E-state index is -5.10. The first-order chi connectivity index (χ1) is 16.1. The number of likely N-dealkylation sites (tertiary alicyclic amines) is 1. The Balaban J connectivity index is 1.57. The number of amides is 3. The molecule has 1 saturated heterocycles. The van der Waals surface area contributed by atoms with Gasteiger partial charge in [-0.25, -0.2) is 0 Å². The fraction of sp³-hybridized carbons (Fsp3) is 0.333. The molecule has 0 radical (unpaired) electrons. The molecule has 0 bridgehead atoms. The third kappa shape index (κ3) is 4.52. The number of nitrogens with zero attached hydrogens (tertiary/aromatic N) is 2. The molecule has 2 aromatic rings. The van der Waals surface area contributed by atoms with Gasteiger partial charge < -0.3 is 15.1 Å². The van der Waals surface area contributed by atoms with Gasteiger partial charge in [-0.3, -0.25) is 19.8 Å². The molecule has 2 aliphatic heterocycles. The van der Waals surface area contributed by atoms with Crippen molar-refractivity contribution in [2.45, 2.75) is 38.0 Å². The summed E-state index contributed by atoms with van der Waals surface area (Å²) in [6.45, 7) is 2.75. The zero-order valence-electron chi connectivity index (χ0n) is 18.4. The summed E-state index contributed by atoms with van der Waals surface area (Å²) in [5.74, 6) is -3.23. The normalized spacial score (nSPS) is 20.2. The number of hydrogen-bond acceptors (Lipinski definition) is 4. The van der Waals surface area contributed by atoms with Gasteiger partial charge in [0.25, 0.3) is 5.91 Å². The lowest BCUT2D eigenvalue weighted by Gasteiger charge is -2.42. The molecule has 34 heavy (non-hydrogen) atoms. The van der Waals surface area contributed by atoms with Crippen LogP contribution in [0.2, 0.25) is 0 Å². The SMILES string of the molecule is CC(=O)N1CCC(N2Cc3cc(C(=N)NC(=O)C(F)(F)F)ccc3C2=O)C(c2ccccc2)C1. The molecule has 2 N–H and O–H groups in total. The maximum atomic E-state index is 13.3. The molecular formula is C24H23F3N4O3. The van der Waals surface area contributed by atoms with Gasteiger partial charge in [0.15, 0.2) is 0 Å². The highest BCUT2D eigenvalue weighted by Crippen LogP contribution is 2.36. The lowest BCUT2D eigenvalue weighted by Crippen LogP contribution is -2.51. The number of nitrogens with one attached hydrogen (secondary N) is 2. The molecule has 1 fully saturated rings. The molecule has 4 rings (SSSR count). The fourth-order valence-corrected chi connectivity index (χ4v) is 4.65. The highest BCUT2D eigenvalue weighted by molar-refractivity contribution is 6.08. The van der Waals surface area contributed by atoms with Crippen LogP contribution in [0.4, 0.5) is 13.2 Å². The summed E-state index contributed by atoms with van der Waals surface area (Å²) in [4.78, 5) is 39.9. The van der Waals surface area contributed by atoms with Gasteiger partial charge in [0, 0.05) is 49.6 Å².